The third kappa shape index (κ3) is 2.70. The Hall–Kier alpha value is -2.20. The van der Waals surface area contributed by atoms with Crippen LogP contribution in [-0.2, 0) is 13.1 Å². The van der Waals surface area contributed by atoms with E-state index in [9.17, 15) is 0 Å². The number of para-hydroxylation sites is 2. The van der Waals surface area contributed by atoms with Crippen molar-refractivity contribution in [3.8, 4) is 0 Å². The monoisotopic (exact) mass is 266 g/mol. The highest BCUT2D eigenvalue weighted by atomic mass is 15.1. The molecule has 4 heteroatoms. The van der Waals surface area contributed by atoms with Crippen molar-refractivity contribution in [2.24, 2.45) is 0 Å². The molecule has 0 saturated carbocycles. The van der Waals surface area contributed by atoms with Gasteiger partial charge in [0.1, 0.15) is 0 Å². The summed E-state index contributed by atoms with van der Waals surface area (Å²) in [6.07, 6.45) is 1.88. The molecule has 0 radical (unpaired) electrons. The number of nitrogens with zero attached hydrogens (tertiary/aromatic N) is 3. The second kappa shape index (κ2) is 5.84. The fourth-order valence-electron chi connectivity index (χ4n) is 2.28. The van der Waals surface area contributed by atoms with Gasteiger partial charge in [-0.05, 0) is 30.8 Å². The van der Waals surface area contributed by atoms with Crippen molar-refractivity contribution < 1.29 is 0 Å². The molecule has 0 saturated heterocycles. The van der Waals surface area contributed by atoms with Gasteiger partial charge < -0.3 is 9.88 Å². The van der Waals surface area contributed by atoms with Crippen LogP contribution in [0.15, 0.2) is 48.8 Å². The molecule has 3 rings (SSSR count). The molecule has 1 aromatic carbocycles. The number of hydrogen-bond acceptors (Lipinski definition) is 3. The predicted octanol–water partition coefficient (Wildman–Crippen LogP) is 2.59. The van der Waals surface area contributed by atoms with Crippen molar-refractivity contribution in [1.82, 2.24) is 19.9 Å². The number of nitrogens with one attached hydrogen (secondary N) is 1. The van der Waals surface area contributed by atoms with Crippen LogP contribution in [0.4, 0.5) is 0 Å². The van der Waals surface area contributed by atoms with E-state index in [-0.39, 0.29) is 0 Å². The van der Waals surface area contributed by atoms with Crippen molar-refractivity contribution in [2.45, 2.75) is 20.0 Å². The van der Waals surface area contributed by atoms with Crippen LogP contribution in [0.5, 0.6) is 0 Å². The highest BCUT2D eigenvalue weighted by Gasteiger charge is 2.03. The van der Waals surface area contributed by atoms with Crippen LogP contribution >= 0.6 is 0 Å². The standard InChI is InChI=1S/C16H18N4/c1-2-17-10-13-6-5-7-14(19-13)11-20-12-18-15-8-3-4-9-16(15)20/h3-9,12,17H,2,10-11H2,1H3. The van der Waals surface area contributed by atoms with Gasteiger partial charge in [0.2, 0.25) is 0 Å². The lowest BCUT2D eigenvalue weighted by molar-refractivity contribution is 0.700. The molecule has 2 heterocycles. The minimum atomic E-state index is 0.750. The first-order valence-electron chi connectivity index (χ1n) is 6.92. The fraction of sp³-hybridized carbons (Fsp3) is 0.250. The molecule has 0 unspecified atom stereocenters. The molecule has 1 N–H and O–H groups in total. The highest BCUT2D eigenvalue weighted by molar-refractivity contribution is 5.74. The second-order valence-corrected chi connectivity index (χ2v) is 4.76. The molecular formula is C16H18N4. The third-order valence-corrected chi connectivity index (χ3v) is 3.28. The zero-order valence-electron chi connectivity index (χ0n) is 11.6. The average molecular weight is 266 g/mol. The molecule has 20 heavy (non-hydrogen) atoms. The first-order chi connectivity index (χ1) is 9.86. The Morgan fingerprint density at radius 2 is 1.90 bits per heavy atom. The molecule has 3 aromatic rings. The molecule has 4 nitrogen and oxygen atoms in total. The SMILES string of the molecule is CCNCc1cccc(Cn2cnc3ccccc32)n1. The fourth-order valence-corrected chi connectivity index (χ4v) is 2.28. The van der Waals surface area contributed by atoms with Gasteiger partial charge in [0.05, 0.1) is 35.3 Å². The molecule has 0 amide bonds. The van der Waals surface area contributed by atoms with Crippen LogP contribution in [-0.4, -0.2) is 21.1 Å². The van der Waals surface area contributed by atoms with E-state index in [4.69, 9.17) is 0 Å². The number of imidazole rings is 1. The number of hydrogen-bond donors (Lipinski definition) is 1. The number of fused-ring (bicyclic) bond motifs is 1. The van der Waals surface area contributed by atoms with Crippen LogP contribution in [0.2, 0.25) is 0 Å². The van der Waals surface area contributed by atoms with Gasteiger partial charge in [0.25, 0.3) is 0 Å². The quantitative estimate of drug-likeness (QED) is 0.772. The van der Waals surface area contributed by atoms with E-state index in [1.807, 2.05) is 24.5 Å². The van der Waals surface area contributed by atoms with Crippen LogP contribution < -0.4 is 5.32 Å². The van der Waals surface area contributed by atoms with Crippen molar-refractivity contribution in [3.63, 3.8) is 0 Å². The van der Waals surface area contributed by atoms with E-state index in [0.29, 0.717) is 0 Å². The Labute approximate surface area is 118 Å². The summed E-state index contributed by atoms with van der Waals surface area (Å²) in [4.78, 5) is 9.09. The number of benzene rings is 1. The van der Waals surface area contributed by atoms with Crippen molar-refractivity contribution in [2.75, 3.05) is 6.54 Å². The van der Waals surface area contributed by atoms with E-state index in [2.05, 4.69) is 51.0 Å². The van der Waals surface area contributed by atoms with Crippen LogP contribution in [0.25, 0.3) is 11.0 Å². The van der Waals surface area contributed by atoms with E-state index < -0.39 is 0 Å². The van der Waals surface area contributed by atoms with Gasteiger partial charge in [-0.1, -0.05) is 25.1 Å². The maximum atomic E-state index is 4.68. The minimum absolute atomic E-state index is 0.750. The number of rotatable bonds is 5. The Bertz CT molecular complexity index is 702. The maximum Gasteiger partial charge on any atom is 0.0962 e. The molecule has 0 atom stereocenters. The average Bonchev–Trinajstić information content (AvgIpc) is 2.89. The lowest BCUT2D eigenvalue weighted by atomic mass is 10.2. The first kappa shape index (κ1) is 12.8. The zero-order valence-corrected chi connectivity index (χ0v) is 11.6. The number of aromatic nitrogens is 3. The first-order valence-corrected chi connectivity index (χ1v) is 6.92. The van der Waals surface area contributed by atoms with Crippen LogP contribution in [0, 0.1) is 0 Å². The molecule has 0 fully saturated rings. The van der Waals surface area contributed by atoms with Gasteiger partial charge >= 0.3 is 0 Å². The van der Waals surface area contributed by atoms with Crippen molar-refractivity contribution in [3.05, 3.63) is 60.2 Å². The molecule has 2 aromatic heterocycles. The van der Waals surface area contributed by atoms with Gasteiger partial charge in [-0.3, -0.25) is 4.98 Å². The molecule has 102 valence electrons. The largest absolute Gasteiger partial charge is 0.324 e. The van der Waals surface area contributed by atoms with Crippen molar-refractivity contribution in [1.29, 1.82) is 0 Å². The number of pyridine rings is 1. The lowest BCUT2D eigenvalue weighted by Crippen LogP contribution is -2.13. The predicted molar refractivity (Wildman–Crippen MR) is 80.5 cm³/mol. The molecule has 0 aliphatic carbocycles. The Morgan fingerprint density at radius 1 is 1.05 bits per heavy atom. The van der Waals surface area contributed by atoms with E-state index in [0.717, 1.165) is 42.1 Å². The maximum absolute atomic E-state index is 4.68. The summed E-state index contributed by atoms with van der Waals surface area (Å²) in [5.41, 5.74) is 4.31. The van der Waals surface area contributed by atoms with Gasteiger partial charge in [0.15, 0.2) is 0 Å². The third-order valence-electron chi connectivity index (χ3n) is 3.28. The topological polar surface area (TPSA) is 42.7 Å². The molecule has 0 aliphatic heterocycles. The summed E-state index contributed by atoms with van der Waals surface area (Å²) < 4.78 is 2.13. The van der Waals surface area contributed by atoms with Gasteiger partial charge in [-0.2, -0.15) is 0 Å². The summed E-state index contributed by atoms with van der Waals surface area (Å²) in [5.74, 6) is 0. The van der Waals surface area contributed by atoms with E-state index in [1.165, 1.54) is 0 Å². The van der Waals surface area contributed by atoms with Gasteiger partial charge in [-0.25, -0.2) is 4.98 Å². The van der Waals surface area contributed by atoms with E-state index >= 15 is 0 Å². The van der Waals surface area contributed by atoms with Gasteiger partial charge in [0, 0.05) is 6.54 Å². The summed E-state index contributed by atoms with van der Waals surface area (Å²) in [5, 5.41) is 3.30. The Morgan fingerprint density at radius 3 is 2.80 bits per heavy atom. The highest BCUT2D eigenvalue weighted by Crippen LogP contribution is 2.13. The molecule has 0 aliphatic rings. The molecular weight excluding hydrogens is 248 g/mol. The van der Waals surface area contributed by atoms with E-state index in [1.54, 1.807) is 0 Å². The van der Waals surface area contributed by atoms with Crippen LogP contribution in [0.1, 0.15) is 18.3 Å². The van der Waals surface area contributed by atoms with Gasteiger partial charge in [-0.15, -0.1) is 0 Å². The minimum Gasteiger partial charge on any atom is -0.324 e. The van der Waals surface area contributed by atoms with Crippen molar-refractivity contribution >= 4 is 11.0 Å². The summed E-state index contributed by atoms with van der Waals surface area (Å²) in [7, 11) is 0. The van der Waals surface area contributed by atoms with Crippen LogP contribution in [0.3, 0.4) is 0 Å². The Kier molecular flexibility index (Phi) is 3.74. The zero-order chi connectivity index (χ0) is 13.8. The smallest absolute Gasteiger partial charge is 0.0962 e. The molecule has 0 spiro atoms. The summed E-state index contributed by atoms with van der Waals surface area (Å²) >= 11 is 0. The second-order valence-electron chi connectivity index (χ2n) is 4.76. The summed E-state index contributed by atoms with van der Waals surface area (Å²) in [6.45, 7) is 4.62. The normalized spacial score (nSPS) is 11.1. The lowest BCUT2D eigenvalue weighted by Gasteiger charge is -2.06. The Balaban J connectivity index is 1.83. The summed E-state index contributed by atoms with van der Waals surface area (Å²) in [6, 6.07) is 14.3. The molecule has 0 bridgehead atoms.